The van der Waals surface area contributed by atoms with Gasteiger partial charge in [0.1, 0.15) is 0 Å². The topological polar surface area (TPSA) is 18.5 Å². The van der Waals surface area contributed by atoms with Crippen LogP contribution >= 0.6 is 15.9 Å². The molecule has 1 heterocycles. The number of hydrogen-bond acceptors (Lipinski definition) is 2. The molecule has 2 atom stereocenters. The van der Waals surface area contributed by atoms with E-state index in [1.54, 1.807) is 0 Å². The molecule has 1 aromatic rings. The third-order valence-corrected chi connectivity index (χ3v) is 3.15. The summed E-state index contributed by atoms with van der Waals surface area (Å²) in [6, 6.07) is 8.26. The summed E-state index contributed by atoms with van der Waals surface area (Å²) < 4.78 is 12.3. The fourth-order valence-electron chi connectivity index (χ4n) is 1.72. The van der Waals surface area contributed by atoms with Crippen molar-refractivity contribution in [1.29, 1.82) is 0 Å². The van der Waals surface area contributed by atoms with E-state index in [9.17, 15) is 0 Å². The first-order valence-corrected chi connectivity index (χ1v) is 6.03. The first kappa shape index (κ1) is 11.1. The molecule has 1 saturated heterocycles. The fourth-order valence-corrected chi connectivity index (χ4v) is 1.99. The van der Waals surface area contributed by atoms with Gasteiger partial charge in [0.15, 0.2) is 0 Å². The van der Waals surface area contributed by atoms with Crippen molar-refractivity contribution in [3.63, 3.8) is 0 Å². The van der Waals surface area contributed by atoms with E-state index in [4.69, 9.17) is 9.47 Å². The second-order valence-electron chi connectivity index (χ2n) is 3.82. The molecule has 2 rings (SSSR count). The zero-order chi connectivity index (χ0) is 10.7. The summed E-state index contributed by atoms with van der Waals surface area (Å²) in [5.41, 5.74) is 1.21. The van der Waals surface area contributed by atoms with Crippen molar-refractivity contribution in [3.8, 4) is 0 Å². The Labute approximate surface area is 98.7 Å². The molecule has 15 heavy (non-hydrogen) atoms. The van der Waals surface area contributed by atoms with E-state index in [0.29, 0.717) is 0 Å². The molecule has 0 radical (unpaired) electrons. The Morgan fingerprint density at radius 3 is 2.73 bits per heavy atom. The van der Waals surface area contributed by atoms with Crippen LogP contribution in [0.3, 0.4) is 0 Å². The molecule has 0 N–H and O–H groups in total. The van der Waals surface area contributed by atoms with E-state index in [2.05, 4.69) is 35.0 Å². The molecule has 0 aromatic heterocycles. The Morgan fingerprint density at radius 2 is 2.13 bits per heavy atom. The maximum atomic E-state index is 5.90. The number of ether oxygens (including phenoxy) is 2. The average Bonchev–Trinajstić information content (AvgIpc) is 2.71. The number of halogens is 1. The number of benzene rings is 1. The van der Waals surface area contributed by atoms with Crippen LogP contribution in [0.5, 0.6) is 0 Å². The van der Waals surface area contributed by atoms with Crippen LogP contribution in [0.2, 0.25) is 0 Å². The summed E-state index contributed by atoms with van der Waals surface area (Å²) in [6.07, 6.45) is 1.43. The maximum Gasteiger partial charge on any atom is 0.0838 e. The highest BCUT2D eigenvalue weighted by Crippen LogP contribution is 2.23. The number of rotatable bonds is 3. The lowest BCUT2D eigenvalue weighted by molar-refractivity contribution is -0.00766. The standard InChI is InChI=1S/C12H15BrO2/c1-9(15-12-6-7-14-8-12)10-2-4-11(13)5-3-10/h2-5,9,12H,6-8H2,1H3. The molecule has 0 amide bonds. The molecule has 1 aliphatic heterocycles. The highest BCUT2D eigenvalue weighted by molar-refractivity contribution is 9.10. The lowest BCUT2D eigenvalue weighted by atomic mass is 10.1. The predicted octanol–water partition coefficient (Wildman–Crippen LogP) is 3.32. The molecule has 2 unspecified atom stereocenters. The second-order valence-corrected chi connectivity index (χ2v) is 4.73. The van der Waals surface area contributed by atoms with Crippen molar-refractivity contribution in [2.45, 2.75) is 25.6 Å². The van der Waals surface area contributed by atoms with Crippen LogP contribution in [0, 0.1) is 0 Å². The summed E-state index contributed by atoms with van der Waals surface area (Å²) in [7, 11) is 0. The molecule has 0 saturated carbocycles. The largest absolute Gasteiger partial charge is 0.379 e. The zero-order valence-corrected chi connectivity index (χ0v) is 10.4. The van der Waals surface area contributed by atoms with Crippen molar-refractivity contribution < 1.29 is 9.47 Å². The van der Waals surface area contributed by atoms with Crippen molar-refractivity contribution in [3.05, 3.63) is 34.3 Å². The van der Waals surface area contributed by atoms with Gasteiger partial charge >= 0.3 is 0 Å². The molecular weight excluding hydrogens is 256 g/mol. The molecular formula is C12H15BrO2. The third kappa shape index (κ3) is 3.03. The highest BCUT2D eigenvalue weighted by atomic mass is 79.9. The molecule has 0 aliphatic carbocycles. The van der Waals surface area contributed by atoms with Gasteiger partial charge in [0.25, 0.3) is 0 Å². The first-order valence-electron chi connectivity index (χ1n) is 5.24. The minimum absolute atomic E-state index is 0.143. The van der Waals surface area contributed by atoms with Gasteiger partial charge in [-0.05, 0) is 31.0 Å². The normalized spacial score (nSPS) is 22.9. The number of hydrogen-bond donors (Lipinski definition) is 0. The van der Waals surface area contributed by atoms with E-state index in [1.807, 2.05) is 12.1 Å². The summed E-state index contributed by atoms with van der Waals surface area (Å²) in [6.45, 7) is 3.65. The predicted molar refractivity (Wildman–Crippen MR) is 62.9 cm³/mol. The average molecular weight is 271 g/mol. The second kappa shape index (κ2) is 5.10. The Morgan fingerprint density at radius 1 is 1.40 bits per heavy atom. The molecule has 1 aromatic carbocycles. The molecule has 3 heteroatoms. The zero-order valence-electron chi connectivity index (χ0n) is 8.78. The lowest BCUT2D eigenvalue weighted by Gasteiger charge is -2.17. The summed E-state index contributed by atoms with van der Waals surface area (Å²) in [5, 5.41) is 0. The summed E-state index contributed by atoms with van der Waals surface area (Å²) in [4.78, 5) is 0. The van der Waals surface area contributed by atoms with Gasteiger partial charge in [-0.2, -0.15) is 0 Å². The van der Waals surface area contributed by atoms with Gasteiger partial charge in [0.2, 0.25) is 0 Å². The van der Waals surface area contributed by atoms with Crippen molar-refractivity contribution in [1.82, 2.24) is 0 Å². The van der Waals surface area contributed by atoms with Gasteiger partial charge in [-0.3, -0.25) is 0 Å². The molecule has 82 valence electrons. The van der Waals surface area contributed by atoms with Crippen LogP contribution in [-0.2, 0) is 9.47 Å². The maximum absolute atomic E-state index is 5.90. The Balaban J connectivity index is 1.94. The minimum Gasteiger partial charge on any atom is -0.379 e. The fraction of sp³-hybridized carbons (Fsp3) is 0.500. The Kier molecular flexibility index (Phi) is 3.78. The van der Waals surface area contributed by atoms with Crippen molar-refractivity contribution in [2.24, 2.45) is 0 Å². The van der Waals surface area contributed by atoms with E-state index in [0.717, 1.165) is 24.1 Å². The molecule has 1 aliphatic rings. The van der Waals surface area contributed by atoms with Crippen LogP contribution in [0.15, 0.2) is 28.7 Å². The minimum atomic E-state index is 0.143. The Bertz CT molecular complexity index is 304. The quantitative estimate of drug-likeness (QED) is 0.839. The van der Waals surface area contributed by atoms with Crippen LogP contribution in [0.1, 0.15) is 25.0 Å². The third-order valence-electron chi connectivity index (χ3n) is 2.62. The Hall–Kier alpha value is -0.380. The van der Waals surface area contributed by atoms with Crippen LogP contribution < -0.4 is 0 Å². The first-order chi connectivity index (χ1) is 7.25. The molecule has 0 bridgehead atoms. The highest BCUT2D eigenvalue weighted by Gasteiger charge is 2.19. The van der Waals surface area contributed by atoms with Gasteiger partial charge in [0.05, 0.1) is 18.8 Å². The van der Waals surface area contributed by atoms with E-state index < -0.39 is 0 Å². The van der Waals surface area contributed by atoms with Crippen molar-refractivity contribution >= 4 is 15.9 Å². The van der Waals surface area contributed by atoms with Crippen molar-refractivity contribution in [2.75, 3.05) is 13.2 Å². The summed E-state index contributed by atoms with van der Waals surface area (Å²) >= 11 is 3.42. The molecule has 1 fully saturated rings. The van der Waals surface area contributed by atoms with E-state index in [-0.39, 0.29) is 12.2 Å². The van der Waals surface area contributed by atoms with E-state index in [1.165, 1.54) is 5.56 Å². The van der Waals surface area contributed by atoms with Crippen LogP contribution in [0.25, 0.3) is 0 Å². The lowest BCUT2D eigenvalue weighted by Crippen LogP contribution is -2.14. The van der Waals surface area contributed by atoms with Crippen LogP contribution in [-0.4, -0.2) is 19.3 Å². The van der Waals surface area contributed by atoms with Gasteiger partial charge in [-0.25, -0.2) is 0 Å². The van der Waals surface area contributed by atoms with Gasteiger partial charge in [0, 0.05) is 11.1 Å². The van der Waals surface area contributed by atoms with E-state index >= 15 is 0 Å². The monoisotopic (exact) mass is 270 g/mol. The SMILES string of the molecule is CC(OC1CCOC1)c1ccc(Br)cc1. The van der Waals surface area contributed by atoms with Gasteiger partial charge in [-0.1, -0.05) is 28.1 Å². The molecule has 0 spiro atoms. The summed E-state index contributed by atoms with van der Waals surface area (Å²) in [5.74, 6) is 0. The van der Waals surface area contributed by atoms with Crippen LogP contribution in [0.4, 0.5) is 0 Å². The molecule has 2 nitrogen and oxygen atoms in total. The van der Waals surface area contributed by atoms with Gasteiger partial charge in [-0.15, -0.1) is 0 Å². The smallest absolute Gasteiger partial charge is 0.0838 e. The van der Waals surface area contributed by atoms with Gasteiger partial charge < -0.3 is 9.47 Å².